The smallest absolute Gasteiger partial charge is 0.266 e. The number of benzene rings is 3. The monoisotopic (exact) mass is 488 g/mol. The highest BCUT2D eigenvalue weighted by Crippen LogP contribution is 2.38. The van der Waals surface area contributed by atoms with E-state index in [-0.39, 0.29) is 5.56 Å². The first-order valence-corrected chi connectivity index (χ1v) is 12.0. The van der Waals surface area contributed by atoms with Crippen LogP contribution in [0.25, 0.3) is 0 Å². The molecule has 0 radical (unpaired) electrons. The lowest BCUT2D eigenvalue weighted by Gasteiger charge is -2.18. The Kier molecular flexibility index (Phi) is 6.77. The molecule has 8 heteroatoms. The minimum atomic E-state index is -0.427. The summed E-state index contributed by atoms with van der Waals surface area (Å²) in [6, 6.07) is 17.6. The predicted octanol–water partition coefficient (Wildman–Crippen LogP) is 4.82. The van der Waals surface area contributed by atoms with Gasteiger partial charge in [0.05, 0.1) is 37.6 Å². The maximum absolute atomic E-state index is 13.3. The van der Waals surface area contributed by atoms with Gasteiger partial charge in [-0.15, -0.1) is 0 Å². The molecule has 186 valence electrons. The maximum Gasteiger partial charge on any atom is 0.266 e. The van der Waals surface area contributed by atoms with Gasteiger partial charge in [0.1, 0.15) is 5.75 Å². The van der Waals surface area contributed by atoms with Gasteiger partial charge in [0.2, 0.25) is 0 Å². The highest BCUT2D eigenvalue weighted by atomic mass is 16.5. The summed E-state index contributed by atoms with van der Waals surface area (Å²) in [5, 5.41) is 3.45. The van der Waals surface area contributed by atoms with Crippen molar-refractivity contribution in [2.45, 2.75) is 25.3 Å². The largest absolute Gasteiger partial charge is 0.493 e. The van der Waals surface area contributed by atoms with Crippen molar-refractivity contribution < 1.29 is 28.5 Å². The molecule has 0 bridgehead atoms. The normalized spacial score (nSPS) is 16.7. The Morgan fingerprint density at radius 3 is 2.39 bits per heavy atom. The van der Waals surface area contributed by atoms with Crippen LogP contribution < -0.4 is 29.2 Å². The number of carbonyl (C=O) groups is 2. The quantitative estimate of drug-likeness (QED) is 0.432. The average Bonchev–Trinajstić information content (AvgIpc) is 3.51. The van der Waals surface area contributed by atoms with Gasteiger partial charge in [-0.25, -0.2) is 4.90 Å². The molecule has 8 nitrogen and oxygen atoms in total. The van der Waals surface area contributed by atoms with Crippen LogP contribution in [-0.4, -0.2) is 45.2 Å². The summed E-state index contributed by atoms with van der Waals surface area (Å²) in [5.74, 6) is 1.71. The average molecular weight is 489 g/mol. The molecule has 3 aromatic rings. The van der Waals surface area contributed by atoms with Crippen molar-refractivity contribution in [3.8, 4) is 28.7 Å². The molecule has 1 N–H and O–H groups in total. The topological polar surface area (TPSA) is 86.3 Å². The number of para-hydroxylation sites is 2. The third-order valence-corrected chi connectivity index (χ3v) is 6.45. The van der Waals surface area contributed by atoms with Crippen LogP contribution in [0, 0.1) is 0 Å². The zero-order valence-electron chi connectivity index (χ0n) is 20.3. The molecule has 36 heavy (non-hydrogen) atoms. The minimum Gasteiger partial charge on any atom is -0.493 e. The molecular formula is C28H28N2O6. The number of anilines is 1. The number of rotatable bonds is 9. The molecule has 2 aliphatic heterocycles. The fourth-order valence-corrected chi connectivity index (χ4v) is 4.58. The first-order chi connectivity index (χ1) is 17.6. The standard InChI is InChI=1S/C28H28N2O6/c1-33-23-7-3-4-8-25(23)36-20-10-11-21-22(17-20)28(32)30(27(21)31)19-9-12-24(26(16-19)34-2)35-15-13-18-6-5-14-29-18/h3-4,7-12,16-18,29H,5-6,13-15H2,1-2H3. The number of hydrogen-bond donors (Lipinski definition) is 1. The number of fused-ring (bicyclic) bond motifs is 1. The van der Waals surface area contributed by atoms with E-state index in [2.05, 4.69) is 5.32 Å². The number of nitrogens with one attached hydrogen (secondary N) is 1. The second-order valence-corrected chi connectivity index (χ2v) is 8.67. The SMILES string of the molecule is COc1cc(N2C(=O)c3ccc(Oc4ccccc4OC)cc3C2=O)ccc1OCCC1CCCN1. The number of methoxy groups -OCH3 is 2. The fraction of sp³-hybridized carbons (Fsp3) is 0.286. The summed E-state index contributed by atoms with van der Waals surface area (Å²) in [5.41, 5.74) is 1.00. The van der Waals surface area contributed by atoms with E-state index in [0.29, 0.717) is 52.6 Å². The van der Waals surface area contributed by atoms with E-state index in [1.54, 1.807) is 55.6 Å². The Morgan fingerprint density at radius 2 is 1.64 bits per heavy atom. The van der Waals surface area contributed by atoms with Crippen LogP contribution in [0.15, 0.2) is 60.7 Å². The number of hydrogen-bond acceptors (Lipinski definition) is 7. The molecule has 3 aromatic carbocycles. The Hall–Kier alpha value is -4.04. The van der Waals surface area contributed by atoms with Gasteiger partial charge in [-0.05, 0) is 68.3 Å². The van der Waals surface area contributed by atoms with Crippen LogP contribution in [0.3, 0.4) is 0 Å². The first-order valence-electron chi connectivity index (χ1n) is 12.0. The second-order valence-electron chi connectivity index (χ2n) is 8.67. The lowest BCUT2D eigenvalue weighted by molar-refractivity contribution is 0.0926. The molecule has 1 atom stereocenters. The molecule has 2 heterocycles. The van der Waals surface area contributed by atoms with Gasteiger partial charge < -0.3 is 24.3 Å². The van der Waals surface area contributed by atoms with Crippen LogP contribution in [0.1, 0.15) is 40.0 Å². The molecule has 2 aliphatic rings. The summed E-state index contributed by atoms with van der Waals surface area (Å²) >= 11 is 0. The molecule has 0 aromatic heterocycles. The Bertz CT molecular complexity index is 1280. The molecule has 0 spiro atoms. The predicted molar refractivity (Wildman–Crippen MR) is 135 cm³/mol. The third-order valence-electron chi connectivity index (χ3n) is 6.45. The van der Waals surface area contributed by atoms with E-state index in [9.17, 15) is 9.59 Å². The van der Waals surface area contributed by atoms with Crippen molar-refractivity contribution >= 4 is 17.5 Å². The summed E-state index contributed by atoms with van der Waals surface area (Å²) < 4.78 is 22.7. The van der Waals surface area contributed by atoms with Gasteiger partial charge in [0.15, 0.2) is 23.0 Å². The van der Waals surface area contributed by atoms with Crippen LogP contribution in [0.4, 0.5) is 5.69 Å². The van der Waals surface area contributed by atoms with Gasteiger partial charge in [-0.3, -0.25) is 9.59 Å². The van der Waals surface area contributed by atoms with Gasteiger partial charge >= 0.3 is 0 Å². The van der Waals surface area contributed by atoms with Crippen molar-refractivity contribution in [2.24, 2.45) is 0 Å². The van der Waals surface area contributed by atoms with Crippen molar-refractivity contribution in [3.63, 3.8) is 0 Å². The van der Waals surface area contributed by atoms with Crippen molar-refractivity contribution in [3.05, 3.63) is 71.8 Å². The number of carbonyl (C=O) groups excluding carboxylic acids is 2. The summed E-state index contributed by atoms with van der Waals surface area (Å²) in [4.78, 5) is 27.6. The zero-order valence-corrected chi connectivity index (χ0v) is 20.3. The van der Waals surface area contributed by atoms with Crippen molar-refractivity contribution in [2.75, 3.05) is 32.3 Å². The van der Waals surface area contributed by atoms with E-state index in [1.807, 2.05) is 12.1 Å². The molecular weight excluding hydrogens is 460 g/mol. The first kappa shape index (κ1) is 23.7. The van der Waals surface area contributed by atoms with E-state index >= 15 is 0 Å². The van der Waals surface area contributed by atoms with E-state index in [1.165, 1.54) is 13.5 Å². The Labute approximate surface area is 209 Å². The Balaban J connectivity index is 1.34. The summed E-state index contributed by atoms with van der Waals surface area (Å²) in [6.07, 6.45) is 3.25. The second kappa shape index (κ2) is 10.3. The van der Waals surface area contributed by atoms with Crippen LogP contribution in [0.2, 0.25) is 0 Å². The van der Waals surface area contributed by atoms with Gasteiger partial charge in [-0.2, -0.15) is 0 Å². The van der Waals surface area contributed by atoms with Crippen LogP contribution in [0.5, 0.6) is 28.7 Å². The van der Waals surface area contributed by atoms with Gasteiger partial charge in [0.25, 0.3) is 11.8 Å². The number of nitrogens with zero attached hydrogens (tertiary/aromatic N) is 1. The van der Waals surface area contributed by atoms with E-state index < -0.39 is 11.8 Å². The highest BCUT2D eigenvalue weighted by Gasteiger charge is 2.37. The van der Waals surface area contributed by atoms with Crippen molar-refractivity contribution in [1.29, 1.82) is 0 Å². The lowest BCUT2D eigenvalue weighted by atomic mass is 10.1. The number of amides is 2. The highest BCUT2D eigenvalue weighted by molar-refractivity contribution is 6.34. The van der Waals surface area contributed by atoms with E-state index in [0.717, 1.165) is 24.3 Å². The van der Waals surface area contributed by atoms with Crippen LogP contribution in [-0.2, 0) is 0 Å². The molecule has 1 fully saturated rings. The van der Waals surface area contributed by atoms with Crippen LogP contribution >= 0.6 is 0 Å². The Morgan fingerprint density at radius 1 is 0.861 bits per heavy atom. The van der Waals surface area contributed by atoms with E-state index in [4.69, 9.17) is 18.9 Å². The maximum atomic E-state index is 13.3. The molecule has 1 unspecified atom stereocenters. The summed E-state index contributed by atoms with van der Waals surface area (Å²) in [7, 11) is 3.09. The molecule has 0 saturated carbocycles. The van der Waals surface area contributed by atoms with Gasteiger partial charge in [0, 0.05) is 12.1 Å². The summed E-state index contributed by atoms with van der Waals surface area (Å²) in [6.45, 7) is 1.60. The fourth-order valence-electron chi connectivity index (χ4n) is 4.58. The molecule has 2 amide bonds. The number of imide groups is 1. The zero-order chi connectivity index (χ0) is 25.1. The van der Waals surface area contributed by atoms with Crippen molar-refractivity contribution in [1.82, 2.24) is 5.32 Å². The third kappa shape index (κ3) is 4.59. The molecule has 1 saturated heterocycles. The number of ether oxygens (including phenoxy) is 4. The molecule has 5 rings (SSSR count). The lowest BCUT2D eigenvalue weighted by Crippen LogP contribution is -2.29. The minimum absolute atomic E-state index is 0.274. The van der Waals surface area contributed by atoms with Gasteiger partial charge in [-0.1, -0.05) is 12.1 Å². The molecule has 0 aliphatic carbocycles.